The number of carbonyl (C=O) groups excluding carboxylic acids is 2. The first-order valence-corrected chi connectivity index (χ1v) is 9.59. The molecule has 148 valence electrons. The first-order valence-electron chi connectivity index (χ1n) is 9.59. The number of phenols is 2. The highest BCUT2D eigenvalue weighted by atomic mass is 16.5. The van der Waals surface area contributed by atoms with Crippen molar-refractivity contribution in [3.63, 3.8) is 0 Å². The normalized spacial score (nSPS) is 30.9. The Morgan fingerprint density at radius 1 is 1.25 bits per heavy atom. The highest BCUT2D eigenvalue weighted by Crippen LogP contribution is 2.64. The van der Waals surface area contributed by atoms with Gasteiger partial charge in [0.05, 0.1) is 12.7 Å². The molecule has 0 amide bonds. The quantitative estimate of drug-likeness (QED) is 0.463. The van der Waals surface area contributed by atoms with Crippen LogP contribution in [0.5, 0.6) is 17.2 Å². The standard InChI is InChI=1S/C22H24O6/c1-5-21-7-6-8-22(10-28-20(21)26)13(21)9-12(23)15-16(22)18(25)19(27-4)14(11(2)3)17(15)24/h1,11,13,24-25H,6-10H2,2-4H3/t13?,21-,22?/m0/s1. The second kappa shape index (κ2) is 5.91. The molecule has 2 N–H and O–H groups in total. The van der Waals surface area contributed by atoms with E-state index >= 15 is 0 Å². The lowest BCUT2D eigenvalue weighted by Gasteiger charge is -2.57. The first kappa shape index (κ1) is 18.7. The molecule has 28 heavy (non-hydrogen) atoms. The molecule has 2 fully saturated rings. The molecule has 2 aliphatic carbocycles. The molecule has 3 aliphatic rings. The third-order valence-corrected chi connectivity index (χ3v) is 6.92. The topological polar surface area (TPSA) is 93.1 Å². The summed E-state index contributed by atoms with van der Waals surface area (Å²) in [6, 6.07) is 0. The summed E-state index contributed by atoms with van der Waals surface area (Å²) in [5.41, 5.74) is -1.17. The lowest BCUT2D eigenvalue weighted by atomic mass is 9.47. The number of cyclic esters (lactones) is 1. The largest absolute Gasteiger partial charge is 0.507 e. The number of hydrogen-bond acceptors (Lipinski definition) is 6. The van der Waals surface area contributed by atoms with Gasteiger partial charge in [0.15, 0.2) is 17.3 Å². The zero-order valence-electron chi connectivity index (χ0n) is 16.3. The van der Waals surface area contributed by atoms with E-state index in [1.807, 2.05) is 13.8 Å². The van der Waals surface area contributed by atoms with Gasteiger partial charge in [0, 0.05) is 28.9 Å². The number of carbonyl (C=O) groups is 2. The molecule has 6 heteroatoms. The van der Waals surface area contributed by atoms with Crippen molar-refractivity contribution in [2.45, 2.75) is 50.9 Å². The van der Waals surface area contributed by atoms with Crippen LogP contribution < -0.4 is 4.74 Å². The second-order valence-electron chi connectivity index (χ2n) is 8.43. The van der Waals surface area contributed by atoms with E-state index in [4.69, 9.17) is 15.9 Å². The van der Waals surface area contributed by atoms with E-state index in [0.717, 1.165) is 0 Å². The van der Waals surface area contributed by atoms with Gasteiger partial charge in [0.1, 0.15) is 17.8 Å². The van der Waals surface area contributed by atoms with Crippen molar-refractivity contribution in [2.24, 2.45) is 11.3 Å². The molecular formula is C22H24O6. The summed E-state index contributed by atoms with van der Waals surface area (Å²) in [6.07, 6.45) is 7.56. The Bertz CT molecular complexity index is 940. The lowest BCUT2D eigenvalue weighted by Crippen LogP contribution is -2.62. The van der Waals surface area contributed by atoms with E-state index in [9.17, 15) is 19.8 Å². The first-order chi connectivity index (χ1) is 13.2. The minimum absolute atomic E-state index is 0.0252. The van der Waals surface area contributed by atoms with Gasteiger partial charge in [0.2, 0.25) is 0 Å². The van der Waals surface area contributed by atoms with Crippen molar-refractivity contribution >= 4 is 11.8 Å². The molecule has 4 rings (SSSR count). The summed E-state index contributed by atoms with van der Waals surface area (Å²) in [5, 5.41) is 22.2. The average Bonchev–Trinajstić information content (AvgIpc) is 2.66. The molecular weight excluding hydrogens is 360 g/mol. The van der Waals surface area contributed by atoms with Crippen LogP contribution in [0.15, 0.2) is 0 Å². The van der Waals surface area contributed by atoms with E-state index in [-0.39, 0.29) is 47.5 Å². The lowest BCUT2D eigenvalue weighted by molar-refractivity contribution is -0.178. The third-order valence-electron chi connectivity index (χ3n) is 6.92. The summed E-state index contributed by atoms with van der Waals surface area (Å²) in [6.45, 7) is 3.73. The van der Waals surface area contributed by atoms with Gasteiger partial charge in [-0.15, -0.1) is 6.42 Å². The van der Waals surface area contributed by atoms with Gasteiger partial charge < -0.3 is 19.7 Å². The van der Waals surface area contributed by atoms with Crippen LogP contribution in [0.4, 0.5) is 0 Å². The maximum Gasteiger partial charge on any atom is 0.324 e. The number of methoxy groups -OCH3 is 1. The number of Topliss-reactive ketones (excluding diaryl/α,β-unsaturated/α-hetero) is 1. The zero-order chi connectivity index (χ0) is 20.4. The number of hydrogen-bond donors (Lipinski definition) is 2. The summed E-state index contributed by atoms with van der Waals surface area (Å²) >= 11 is 0. The van der Waals surface area contributed by atoms with Crippen LogP contribution in [0.25, 0.3) is 0 Å². The second-order valence-corrected chi connectivity index (χ2v) is 8.43. The average molecular weight is 384 g/mol. The van der Waals surface area contributed by atoms with Crippen LogP contribution in [0.2, 0.25) is 0 Å². The Labute approximate surface area is 163 Å². The van der Waals surface area contributed by atoms with Gasteiger partial charge in [-0.05, 0) is 18.8 Å². The number of ketones is 1. The number of rotatable bonds is 2. The smallest absolute Gasteiger partial charge is 0.324 e. The third kappa shape index (κ3) is 1.99. The van der Waals surface area contributed by atoms with Crippen LogP contribution >= 0.6 is 0 Å². The van der Waals surface area contributed by atoms with Crippen molar-refractivity contribution in [2.75, 3.05) is 13.7 Å². The number of terminal acetylenes is 1. The fourth-order valence-corrected chi connectivity index (χ4v) is 5.72. The van der Waals surface area contributed by atoms with E-state index < -0.39 is 22.7 Å². The predicted molar refractivity (Wildman–Crippen MR) is 101 cm³/mol. The minimum Gasteiger partial charge on any atom is -0.507 e. The molecule has 0 spiro atoms. The Kier molecular flexibility index (Phi) is 3.94. The monoisotopic (exact) mass is 384 g/mol. The number of aromatic hydroxyl groups is 2. The Balaban J connectivity index is 2.09. The van der Waals surface area contributed by atoms with Crippen LogP contribution in [0, 0.1) is 23.7 Å². The number of esters is 1. The molecule has 0 aromatic heterocycles. The van der Waals surface area contributed by atoms with Crippen LogP contribution in [-0.4, -0.2) is 35.7 Å². The van der Waals surface area contributed by atoms with Gasteiger partial charge in [-0.1, -0.05) is 26.2 Å². The van der Waals surface area contributed by atoms with E-state index in [2.05, 4.69) is 5.92 Å². The fourth-order valence-electron chi connectivity index (χ4n) is 5.72. The molecule has 1 aromatic rings. The molecule has 2 unspecified atom stereocenters. The summed E-state index contributed by atoms with van der Waals surface area (Å²) in [4.78, 5) is 25.8. The predicted octanol–water partition coefficient (Wildman–Crippen LogP) is 3.03. The van der Waals surface area contributed by atoms with Crippen LogP contribution in [-0.2, 0) is 14.9 Å². The van der Waals surface area contributed by atoms with Crippen LogP contribution in [0.1, 0.15) is 66.9 Å². The van der Waals surface area contributed by atoms with Gasteiger partial charge >= 0.3 is 5.97 Å². The van der Waals surface area contributed by atoms with Crippen molar-refractivity contribution in [1.82, 2.24) is 0 Å². The molecule has 1 heterocycles. The molecule has 1 aromatic carbocycles. The molecule has 0 radical (unpaired) electrons. The maximum absolute atomic E-state index is 13.1. The molecule has 1 saturated carbocycles. The number of benzene rings is 1. The van der Waals surface area contributed by atoms with Crippen LogP contribution in [0.3, 0.4) is 0 Å². The van der Waals surface area contributed by atoms with Crippen molar-refractivity contribution < 1.29 is 29.3 Å². The highest BCUT2D eigenvalue weighted by Gasteiger charge is 2.66. The molecule has 2 bridgehead atoms. The Morgan fingerprint density at radius 3 is 2.57 bits per heavy atom. The molecule has 3 atom stereocenters. The minimum atomic E-state index is -1.18. The Hall–Kier alpha value is -2.68. The van der Waals surface area contributed by atoms with Crippen molar-refractivity contribution in [3.8, 4) is 29.6 Å². The maximum atomic E-state index is 13.1. The van der Waals surface area contributed by atoms with Gasteiger partial charge in [-0.25, -0.2) is 0 Å². The summed E-state index contributed by atoms with van der Waals surface area (Å²) in [7, 11) is 1.42. The van der Waals surface area contributed by atoms with Gasteiger partial charge in [0.25, 0.3) is 0 Å². The zero-order valence-corrected chi connectivity index (χ0v) is 16.3. The number of phenolic OH excluding ortho intramolecular Hbond substituents is 2. The van der Waals surface area contributed by atoms with Gasteiger partial charge in [-0.2, -0.15) is 0 Å². The summed E-state index contributed by atoms with van der Waals surface area (Å²) in [5.74, 6) is 1.03. The van der Waals surface area contributed by atoms with Crippen molar-refractivity contribution in [1.29, 1.82) is 0 Å². The SMILES string of the molecule is C#C[C@@]12CCCC3(COC1=O)c1c(O)c(OC)c(C(C)C)c(O)c1C(=O)CC32. The van der Waals surface area contributed by atoms with E-state index in [1.54, 1.807) is 0 Å². The van der Waals surface area contributed by atoms with E-state index in [0.29, 0.717) is 30.4 Å². The Morgan fingerprint density at radius 2 is 1.96 bits per heavy atom. The van der Waals surface area contributed by atoms with Crippen molar-refractivity contribution in [3.05, 3.63) is 16.7 Å². The number of ether oxygens (including phenoxy) is 2. The highest BCUT2D eigenvalue weighted by molar-refractivity contribution is 6.05. The van der Waals surface area contributed by atoms with E-state index in [1.165, 1.54) is 7.11 Å². The molecule has 1 aliphatic heterocycles. The molecule has 6 nitrogen and oxygen atoms in total. The fraction of sp³-hybridized carbons (Fsp3) is 0.545. The number of fused-ring (bicyclic) bond motifs is 1. The molecule has 1 saturated heterocycles. The summed E-state index contributed by atoms with van der Waals surface area (Å²) < 4.78 is 10.9. The van der Waals surface area contributed by atoms with Gasteiger partial charge in [-0.3, -0.25) is 9.59 Å².